The van der Waals surface area contributed by atoms with Gasteiger partial charge in [-0.1, -0.05) is 0 Å². The molecule has 0 aliphatic carbocycles. The van der Waals surface area contributed by atoms with Crippen LogP contribution in [0.2, 0.25) is 0 Å². The molecule has 0 saturated carbocycles. The Labute approximate surface area is 103 Å². The van der Waals surface area contributed by atoms with E-state index in [1.54, 1.807) is 0 Å². The van der Waals surface area contributed by atoms with Gasteiger partial charge in [0.05, 0.1) is 26.0 Å². The third kappa shape index (κ3) is 2.17. The number of nitrogen functional groups attached to an aromatic ring is 1. The quantitative estimate of drug-likeness (QED) is 0.601. The SMILES string of the molecule is COc1cn([C@H]2C[C@H](O)[C@@H](CO)O2)c(=O)nc1N. The zero-order chi connectivity index (χ0) is 13.3. The van der Waals surface area contributed by atoms with Crippen molar-refractivity contribution >= 4 is 5.82 Å². The smallest absolute Gasteiger partial charge is 0.351 e. The largest absolute Gasteiger partial charge is 0.491 e. The predicted octanol–water partition coefficient (Wildman–Crippen LogP) is -1.53. The Hall–Kier alpha value is -1.64. The Balaban J connectivity index is 2.32. The second-order valence-corrected chi connectivity index (χ2v) is 4.00. The molecule has 3 atom stereocenters. The lowest BCUT2D eigenvalue weighted by molar-refractivity contribution is -0.0460. The minimum Gasteiger partial charge on any atom is -0.491 e. The molecule has 1 fully saturated rings. The average Bonchev–Trinajstić information content (AvgIpc) is 2.70. The molecule has 8 nitrogen and oxygen atoms in total. The number of aliphatic hydroxyl groups excluding tert-OH is 2. The zero-order valence-electron chi connectivity index (χ0n) is 9.81. The number of rotatable bonds is 3. The van der Waals surface area contributed by atoms with Crippen LogP contribution in [-0.4, -0.2) is 45.7 Å². The maximum atomic E-state index is 11.7. The summed E-state index contributed by atoms with van der Waals surface area (Å²) < 4.78 is 11.5. The number of anilines is 1. The van der Waals surface area contributed by atoms with Gasteiger partial charge in [-0.2, -0.15) is 4.98 Å². The van der Waals surface area contributed by atoms with E-state index in [4.69, 9.17) is 20.3 Å². The molecule has 1 aliphatic rings. The predicted molar refractivity (Wildman–Crippen MR) is 61.1 cm³/mol. The fourth-order valence-electron chi connectivity index (χ4n) is 1.88. The molecule has 0 amide bonds. The van der Waals surface area contributed by atoms with Crippen LogP contribution in [-0.2, 0) is 4.74 Å². The molecule has 0 radical (unpaired) electrons. The second kappa shape index (κ2) is 4.92. The highest BCUT2D eigenvalue weighted by Gasteiger charge is 2.35. The monoisotopic (exact) mass is 257 g/mol. The van der Waals surface area contributed by atoms with Gasteiger partial charge in [0.1, 0.15) is 12.3 Å². The van der Waals surface area contributed by atoms with E-state index in [0.29, 0.717) is 0 Å². The molecule has 4 N–H and O–H groups in total. The highest BCUT2D eigenvalue weighted by Crippen LogP contribution is 2.28. The van der Waals surface area contributed by atoms with Crippen LogP contribution >= 0.6 is 0 Å². The van der Waals surface area contributed by atoms with Gasteiger partial charge < -0.3 is 25.4 Å². The molecule has 1 saturated heterocycles. The normalized spacial score (nSPS) is 27.4. The number of aliphatic hydroxyl groups is 2. The van der Waals surface area contributed by atoms with E-state index >= 15 is 0 Å². The minimum atomic E-state index is -0.824. The summed E-state index contributed by atoms with van der Waals surface area (Å²) in [6.07, 6.45) is -0.644. The third-order valence-electron chi connectivity index (χ3n) is 2.86. The first-order chi connectivity index (χ1) is 8.56. The molecule has 0 bridgehead atoms. The van der Waals surface area contributed by atoms with Crippen LogP contribution in [0.1, 0.15) is 12.6 Å². The van der Waals surface area contributed by atoms with Gasteiger partial charge in [-0.15, -0.1) is 0 Å². The fourth-order valence-corrected chi connectivity index (χ4v) is 1.88. The summed E-state index contributed by atoms with van der Waals surface area (Å²) in [6, 6.07) is 0. The van der Waals surface area contributed by atoms with Crippen molar-refractivity contribution in [3.05, 3.63) is 16.7 Å². The van der Waals surface area contributed by atoms with Crippen LogP contribution in [0.4, 0.5) is 5.82 Å². The second-order valence-electron chi connectivity index (χ2n) is 4.00. The molecule has 2 heterocycles. The van der Waals surface area contributed by atoms with Gasteiger partial charge in [-0.25, -0.2) is 4.79 Å². The van der Waals surface area contributed by atoms with E-state index in [0.717, 1.165) is 0 Å². The van der Waals surface area contributed by atoms with Crippen molar-refractivity contribution in [3.63, 3.8) is 0 Å². The van der Waals surface area contributed by atoms with Crippen molar-refractivity contribution in [3.8, 4) is 5.75 Å². The van der Waals surface area contributed by atoms with Gasteiger partial charge in [-0.3, -0.25) is 4.57 Å². The molecule has 0 aromatic carbocycles. The Bertz CT molecular complexity index is 489. The number of ether oxygens (including phenoxy) is 2. The van der Waals surface area contributed by atoms with Crippen molar-refractivity contribution < 1.29 is 19.7 Å². The summed E-state index contributed by atoms with van der Waals surface area (Å²) in [5.74, 6) is 0.246. The molecule has 1 aliphatic heterocycles. The summed E-state index contributed by atoms with van der Waals surface area (Å²) in [6.45, 7) is -0.314. The molecule has 100 valence electrons. The van der Waals surface area contributed by atoms with Crippen LogP contribution in [0.5, 0.6) is 5.75 Å². The fraction of sp³-hybridized carbons (Fsp3) is 0.600. The van der Waals surface area contributed by atoms with Gasteiger partial charge in [0.25, 0.3) is 0 Å². The molecular weight excluding hydrogens is 242 g/mol. The van der Waals surface area contributed by atoms with Gasteiger partial charge in [0, 0.05) is 6.42 Å². The molecule has 1 aromatic rings. The van der Waals surface area contributed by atoms with Crippen LogP contribution in [0.3, 0.4) is 0 Å². The Kier molecular flexibility index (Phi) is 3.50. The average molecular weight is 257 g/mol. The number of hydrogen-bond donors (Lipinski definition) is 3. The number of nitrogens with zero attached hydrogens (tertiary/aromatic N) is 2. The van der Waals surface area contributed by atoms with E-state index < -0.39 is 24.1 Å². The van der Waals surface area contributed by atoms with Gasteiger partial charge >= 0.3 is 5.69 Å². The maximum absolute atomic E-state index is 11.7. The number of aromatic nitrogens is 2. The van der Waals surface area contributed by atoms with E-state index in [1.165, 1.54) is 17.9 Å². The van der Waals surface area contributed by atoms with Gasteiger partial charge in [0.15, 0.2) is 11.6 Å². The summed E-state index contributed by atoms with van der Waals surface area (Å²) in [7, 11) is 1.41. The van der Waals surface area contributed by atoms with E-state index in [-0.39, 0.29) is 24.6 Å². The van der Waals surface area contributed by atoms with Crippen molar-refractivity contribution in [2.75, 3.05) is 19.5 Å². The standard InChI is InChI=1S/C10H15N3O5/c1-17-6-3-13(10(16)12-9(6)11)8-2-5(15)7(4-14)18-8/h3,5,7-8,14-15H,2,4H2,1H3,(H2,11,12,16)/t5-,7+,8+/m0/s1. The van der Waals surface area contributed by atoms with Gasteiger partial charge in [0.2, 0.25) is 0 Å². The lowest BCUT2D eigenvalue weighted by Gasteiger charge is -2.15. The van der Waals surface area contributed by atoms with Crippen LogP contribution in [0.25, 0.3) is 0 Å². The van der Waals surface area contributed by atoms with Crippen molar-refractivity contribution in [1.82, 2.24) is 9.55 Å². The van der Waals surface area contributed by atoms with Crippen LogP contribution < -0.4 is 16.2 Å². The number of hydrogen-bond acceptors (Lipinski definition) is 7. The molecule has 2 rings (SSSR count). The molecule has 0 spiro atoms. The summed E-state index contributed by atoms with van der Waals surface area (Å²) in [4.78, 5) is 15.3. The lowest BCUT2D eigenvalue weighted by Crippen LogP contribution is -2.28. The first-order valence-corrected chi connectivity index (χ1v) is 5.43. The highest BCUT2D eigenvalue weighted by atomic mass is 16.5. The van der Waals surface area contributed by atoms with Crippen molar-refractivity contribution in [2.45, 2.75) is 24.9 Å². The van der Waals surface area contributed by atoms with Crippen molar-refractivity contribution in [1.29, 1.82) is 0 Å². The Morgan fingerprint density at radius 1 is 1.72 bits per heavy atom. The zero-order valence-corrected chi connectivity index (χ0v) is 9.81. The van der Waals surface area contributed by atoms with Gasteiger partial charge in [-0.05, 0) is 0 Å². The van der Waals surface area contributed by atoms with Crippen LogP contribution in [0, 0.1) is 0 Å². The third-order valence-corrected chi connectivity index (χ3v) is 2.86. The van der Waals surface area contributed by atoms with E-state index in [9.17, 15) is 9.90 Å². The Morgan fingerprint density at radius 3 is 3.00 bits per heavy atom. The molecule has 8 heteroatoms. The molecular formula is C10H15N3O5. The number of nitrogens with two attached hydrogens (primary N) is 1. The summed E-state index contributed by atoms with van der Waals surface area (Å²) in [5, 5.41) is 18.6. The molecule has 1 aromatic heterocycles. The molecule has 0 unspecified atom stereocenters. The lowest BCUT2D eigenvalue weighted by atomic mass is 10.2. The number of methoxy groups -OCH3 is 1. The molecule has 18 heavy (non-hydrogen) atoms. The van der Waals surface area contributed by atoms with Crippen molar-refractivity contribution in [2.24, 2.45) is 0 Å². The summed E-state index contributed by atoms with van der Waals surface area (Å²) >= 11 is 0. The first kappa shape index (κ1) is 12.8. The minimum absolute atomic E-state index is 0.00370. The maximum Gasteiger partial charge on any atom is 0.351 e. The van der Waals surface area contributed by atoms with Crippen LogP contribution in [0.15, 0.2) is 11.0 Å². The van der Waals surface area contributed by atoms with E-state index in [1.807, 2.05) is 0 Å². The topological polar surface area (TPSA) is 120 Å². The first-order valence-electron chi connectivity index (χ1n) is 5.43. The highest BCUT2D eigenvalue weighted by molar-refractivity contribution is 5.43. The Morgan fingerprint density at radius 2 is 2.44 bits per heavy atom. The summed E-state index contributed by atoms with van der Waals surface area (Å²) in [5.41, 5.74) is 4.91. The van der Waals surface area contributed by atoms with E-state index in [2.05, 4.69) is 4.98 Å².